The molecule has 0 spiro atoms. The maximum absolute atomic E-state index is 4.83. The number of halogens is 2. The zero-order valence-corrected chi connectivity index (χ0v) is 6.71. The molecule has 0 unspecified atom stereocenters. The molecule has 0 aromatic heterocycles. The maximum atomic E-state index is 4.83. The van der Waals surface area contributed by atoms with Crippen molar-refractivity contribution >= 4 is 51.3 Å². The molecule has 0 atom stereocenters. The van der Waals surface area contributed by atoms with Gasteiger partial charge in [0.15, 0.2) is 0 Å². The Kier molecular flexibility index (Phi) is 20.2. The van der Waals surface area contributed by atoms with Gasteiger partial charge < -0.3 is 0 Å². The van der Waals surface area contributed by atoms with Gasteiger partial charge in [-0.1, -0.05) is 0 Å². The maximum Gasteiger partial charge on any atom is 0 e. The molecule has 0 nitrogen and oxygen atoms in total. The molecular formula is AsCl2Se. The summed E-state index contributed by atoms with van der Waals surface area (Å²) in [5.41, 5.74) is 0. The number of rotatable bonds is 0. The minimum atomic E-state index is -0.181. The van der Waals surface area contributed by atoms with Gasteiger partial charge in [0.05, 0.1) is 0 Å². The summed E-state index contributed by atoms with van der Waals surface area (Å²) in [5.74, 6) is 0. The molecule has 0 aliphatic carbocycles. The van der Waals surface area contributed by atoms with Crippen molar-refractivity contribution in [3.8, 4) is 0 Å². The van der Waals surface area contributed by atoms with E-state index >= 15 is 0 Å². The Hall–Kier alpha value is 1.66. The summed E-state index contributed by atoms with van der Waals surface area (Å²) in [5, 5.41) is 0. The molecule has 0 rings (SSSR count). The summed E-state index contributed by atoms with van der Waals surface area (Å²) < 4.78 is 0. The van der Waals surface area contributed by atoms with Crippen LogP contribution < -0.4 is 0 Å². The second kappa shape index (κ2) is 8.82. The smallest absolute Gasteiger partial charge is 0 e. The molecule has 0 aromatic carbocycles. The standard InChI is InChI=1S/As.Cl2Se/c;1-3-2. The fourth-order valence-corrected chi connectivity index (χ4v) is 0. The monoisotopic (exact) mass is 225 g/mol. The first-order valence-corrected chi connectivity index (χ1v) is 4.81. The molecule has 4 heavy (non-hydrogen) atoms. The minimum Gasteiger partial charge on any atom is 0 e. The molecule has 0 aromatic rings. The van der Waals surface area contributed by atoms with Gasteiger partial charge in [-0.2, -0.15) is 0 Å². The molecule has 4 heteroatoms. The Balaban J connectivity index is 0. The first-order valence-electron chi connectivity index (χ1n) is 0.309. The van der Waals surface area contributed by atoms with Gasteiger partial charge in [0.25, 0.3) is 0 Å². The summed E-state index contributed by atoms with van der Waals surface area (Å²) in [6.45, 7) is 0. The molecule has 0 heterocycles. The van der Waals surface area contributed by atoms with Crippen LogP contribution in [0.3, 0.4) is 0 Å². The second-order valence-electron chi connectivity index (χ2n) is 0.0583. The van der Waals surface area contributed by atoms with E-state index in [2.05, 4.69) is 0 Å². The predicted molar refractivity (Wildman–Crippen MR) is 23.2 cm³/mol. The van der Waals surface area contributed by atoms with Crippen molar-refractivity contribution in [2.45, 2.75) is 0 Å². The molecule has 3 radical (unpaired) electrons. The molecular weight excluding hydrogens is 225 g/mol. The van der Waals surface area contributed by atoms with E-state index in [4.69, 9.17) is 20.2 Å². The first kappa shape index (κ1) is 9.17. The third-order valence-electron chi connectivity index (χ3n) is 0. The van der Waals surface area contributed by atoms with E-state index in [1.54, 1.807) is 0 Å². The van der Waals surface area contributed by atoms with Crippen LogP contribution in [0.1, 0.15) is 0 Å². The van der Waals surface area contributed by atoms with Crippen molar-refractivity contribution in [3.63, 3.8) is 0 Å². The van der Waals surface area contributed by atoms with Crippen LogP contribution in [0.15, 0.2) is 0 Å². The fourth-order valence-electron chi connectivity index (χ4n) is 0. The summed E-state index contributed by atoms with van der Waals surface area (Å²) in [7, 11) is 9.65. The van der Waals surface area contributed by atoms with Gasteiger partial charge in [-0.05, 0) is 0 Å². The zero-order chi connectivity index (χ0) is 2.71. The van der Waals surface area contributed by atoms with Gasteiger partial charge >= 0.3 is 33.3 Å². The Morgan fingerprint density at radius 2 is 1.25 bits per heavy atom. The topological polar surface area (TPSA) is 0 Å². The Morgan fingerprint density at radius 3 is 1.25 bits per heavy atom. The third-order valence-corrected chi connectivity index (χ3v) is 0. The van der Waals surface area contributed by atoms with E-state index in [1.165, 1.54) is 0 Å². The number of hydrogen-bond donors (Lipinski definition) is 0. The van der Waals surface area contributed by atoms with E-state index in [0.717, 1.165) is 0 Å². The van der Waals surface area contributed by atoms with E-state index < -0.39 is 0 Å². The third kappa shape index (κ3) is 9.40. The summed E-state index contributed by atoms with van der Waals surface area (Å²) >= 11 is -0.181. The second-order valence-corrected chi connectivity index (χ2v) is 2.73. The van der Waals surface area contributed by atoms with Crippen LogP contribution in [0, 0.1) is 0 Å². The quantitative estimate of drug-likeness (QED) is 0.530. The van der Waals surface area contributed by atoms with Crippen LogP contribution in [-0.4, -0.2) is 31.1 Å². The summed E-state index contributed by atoms with van der Waals surface area (Å²) in [6.07, 6.45) is 0. The average molecular weight is 225 g/mol. The normalized spacial score (nSPS) is 4.50. The molecule has 0 bridgehead atoms. The fraction of sp³-hybridized carbons (Fsp3) is 0. The molecule has 0 aliphatic rings. The van der Waals surface area contributed by atoms with E-state index in [-0.39, 0.29) is 31.1 Å². The average Bonchev–Trinajstić information content (AvgIpc) is 0.918. The largest absolute Gasteiger partial charge is 0 e. The van der Waals surface area contributed by atoms with Crippen LogP contribution in [0.5, 0.6) is 0 Å². The van der Waals surface area contributed by atoms with Crippen molar-refractivity contribution in [1.29, 1.82) is 0 Å². The molecule has 0 fully saturated rings. The van der Waals surface area contributed by atoms with Gasteiger partial charge in [0.2, 0.25) is 0 Å². The van der Waals surface area contributed by atoms with Crippen LogP contribution in [0.2, 0.25) is 0 Å². The molecule has 0 saturated carbocycles. The van der Waals surface area contributed by atoms with E-state index in [1.807, 2.05) is 0 Å². The molecule has 0 saturated heterocycles. The van der Waals surface area contributed by atoms with Crippen LogP contribution in [-0.2, 0) is 0 Å². The first-order chi connectivity index (χ1) is 1.41. The van der Waals surface area contributed by atoms with Gasteiger partial charge in [0, 0.05) is 18.0 Å². The van der Waals surface area contributed by atoms with Crippen molar-refractivity contribution in [2.75, 3.05) is 0 Å². The summed E-state index contributed by atoms with van der Waals surface area (Å²) in [4.78, 5) is 0. The molecule has 25 valence electrons. The van der Waals surface area contributed by atoms with Crippen molar-refractivity contribution in [3.05, 3.63) is 0 Å². The van der Waals surface area contributed by atoms with E-state index in [9.17, 15) is 0 Å². The van der Waals surface area contributed by atoms with Crippen LogP contribution in [0.25, 0.3) is 0 Å². The van der Waals surface area contributed by atoms with E-state index in [0.29, 0.717) is 0 Å². The molecule has 0 N–H and O–H groups in total. The zero-order valence-electron chi connectivity index (χ0n) is 1.61. The minimum absolute atomic E-state index is 0. The van der Waals surface area contributed by atoms with Crippen molar-refractivity contribution < 1.29 is 0 Å². The van der Waals surface area contributed by atoms with Crippen molar-refractivity contribution in [1.82, 2.24) is 0 Å². The number of hydrogen-bond acceptors (Lipinski definition) is 0. The van der Waals surface area contributed by atoms with Crippen LogP contribution >= 0.6 is 20.2 Å². The summed E-state index contributed by atoms with van der Waals surface area (Å²) in [6, 6.07) is 0. The van der Waals surface area contributed by atoms with Gasteiger partial charge in [-0.3, -0.25) is 0 Å². The van der Waals surface area contributed by atoms with Crippen LogP contribution in [0.4, 0.5) is 0 Å². The van der Waals surface area contributed by atoms with Crippen molar-refractivity contribution in [2.24, 2.45) is 0 Å². The molecule has 0 aliphatic heterocycles. The van der Waals surface area contributed by atoms with Gasteiger partial charge in [-0.15, -0.1) is 0 Å². The van der Waals surface area contributed by atoms with Gasteiger partial charge in [-0.25, -0.2) is 0 Å². The Labute approximate surface area is 51.2 Å². The SMILES string of the molecule is Cl[Se]Cl.[As]. The van der Waals surface area contributed by atoms with Gasteiger partial charge in [0.1, 0.15) is 0 Å². The predicted octanol–water partition coefficient (Wildman–Crippen LogP) is 0.617. The Bertz CT molecular complexity index is 6.00. The molecule has 0 amide bonds. The Morgan fingerprint density at radius 1 is 1.25 bits per heavy atom.